The molecule has 1 fully saturated rings. The zero-order valence-corrected chi connectivity index (χ0v) is 13.0. The van der Waals surface area contributed by atoms with Crippen molar-refractivity contribution >= 4 is 32.4 Å². The van der Waals surface area contributed by atoms with Gasteiger partial charge in [0.15, 0.2) is 0 Å². The van der Waals surface area contributed by atoms with Crippen molar-refractivity contribution in [1.82, 2.24) is 19.4 Å². The first-order valence-electron chi connectivity index (χ1n) is 6.27. The summed E-state index contributed by atoms with van der Waals surface area (Å²) in [7, 11) is -3.61. The summed E-state index contributed by atoms with van der Waals surface area (Å²) in [6.07, 6.45) is 0. The van der Waals surface area contributed by atoms with Crippen LogP contribution in [0.4, 0.5) is 5.13 Å². The van der Waals surface area contributed by atoms with Crippen LogP contribution in [0, 0.1) is 0 Å². The molecule has 0 radical (unpaired) electrons. The van der Waals surface area contributed by atoms with Crippen LogP contribution in [0.2, 0.25) is 0 Å². The van der Waals surface area contributed by atoms with Crippen molar-refractivity contribution < 1.29 is 13.2 Å². The fourth-order valence-corrected chi connectivity index (χ4v) is 4.42. The second kappa shape index (κ2) is 6.12. The van der Waals surface area contributed by atoms with E-state index in [-0.39, 0.29) is 15.4 Å². The molecule has 0 spiro atoms. The van der Waals surface area contributed by atoms with Gasteiger partial charge in [-0.3, -0.25) is 4.79 Å². The molecule has 0 saturated carbocycles. The van der Waals surface area contributed by atoms with Gasteiger partial charge in [0.2, 0.25) is 15.4 Å². The number of nitrogens with one attached hydrogen (secondary N) is 1. The van der Waals surface area contributed by atoms with Gasteiger partial charge in [0.05, 0.1) is 0 Å². The van der Waals surface area contributed by atoms with E-state index < -0.39 is 10.0 Å². The van der Waals surface area contributed by atoms with Gasteiger partial charge in [-0.1, -0.05) is 18.3 Å². The summed E-state index contributed by atoms with van der Waals surface area (Å²) >= 11 is 0.871. The molecular weight excluding hydrogens is 302 g/mol. The van der Waals surface area contributed by atoms with Crippen molar-refractivity contribution in [2.45, 2.75) is 18.2 Å². The smallest absolute Gasteiger partial charge is 0.272 e. The maximum atomic E-state index is 12.4. The number of aromatic nitrogens is 2. The predicted octanol–water partition coefficient (Wildman–Crippen LogP) is -0.177. The lowest BCUT2D eigenvalue weighted by atomic mass is 10.4. The monoisotopic (exact) mass is 319 g/mol. The highest BCUT2D eigenvalue weighted by molar-refractivity contribution is 7.91. The molecule has 1 aromatic rings. The van der Waals surface area contributed by atoms with Gasteiger partial charge in [-0.25, -0.2) is 8.42 Å². The SMILES string of the molecule is CCN1CCN(S(=O)(=O)c2nnc(NC(C)=O)s2)CC1. The molecule has 10 heteroatoms. The average molecular weight is 319 g/mol. The van der Waals surface area contributed by atoms with E-state index in [4.69, 9.17) is 0 Å². The standard InChI is InChI=1S/C10H17N5O3S2/c1-3-14-4-6-15(7-5-14)20(17,18)10-13-12-9(19-10)11-8(2)16/h3-7H2,1-2H3,(H,11,12,16). The van der Waals surface area contributed by atoms with Gasteiger partial charge in [-0.2, -0.15) is 4.31 Å². The molecule has 1 saturated heterocycles. The van der Waals surface area contributed by atoms with Crippen molar-refractivity contribution in [3.63, 3.8) is 0 Å². The Bertz CT molecular complexity index is 577. The molecular formula is C10H17N5O3S2. The first kappa shape index (κ1) is 15.3. The van der Waals surface area contributed by atoms with Crippen molar-refractivity contribution in [2.75, 3.05) is 38.0 Å². The Morgan fingerprint density at radius 2 is 1.95 bits per heavy atom. The molecule has 112 valence electrons. The van der Waals surface area contributed by atoms with E-state index in [1.54, 1.807) is 0 Å². The van der Waals surface area contributed by atoms with Crippen molar-refractivity contribution in [3.8, 4) is 0 Å². The molecule has 1 aliphatic rings. The topological polar surface area (TPSA) is 95.5 Å². The van der Waals surface area contributed by atoms with Crippen LogP contribution in [0.3, 0.4) is 0 Å². The van der Waals surface area contributed by atoms with E-state index in [2.05, 4.69) is 27.3 Å². The van der Waals surface area contributed by atoms with Crippen molar-refractivity contribution in [3.05, 3.63) is 0 Å². The first-order valence-corrected chi connectivity index (χ1v) is 8.52. The van der Waals surface area contributed by atoms with Gasteiger partial charge in [-0.15, -0.1) is 10.2 Å². The van der Waals surface area contributed by atoms with Crippen LogP contribution >= 0.6 is 11.3 Å². The number of nitrogens with zero attached hydrogens (tertiary/aromatic N) is 4. The van der Waals surface area contributed by atoms with Gasteiger partial charge in [0, 0.05) is 33.1 Å². The van der Waals surface area contributed by atoms with Crippen LogP contribution in [0.1, 0.15) is 13.8 Å². The van der Waals surface area contributed by atoms with Crippen molar-refractivity contribution in [2.24, 2.45) is 0 Å². The summed E-state index contributed by atoms with van der Waals surface area (Å²) in [6.45, 7) is 6.63. The Labute approximate surface area is 121 Å². The second-order valence-corrected chi connectivity index (χ2v) is 7.48. The van der Waals surface area contributed by atoms with Gasteiger partial charge in [0.25, 0.3) is 10.0 Å². The molecule has 2 heterocycles. The zero-order valence-electron chi connectivity index (χ0n) is 11.4. The largest absolute Gasteiger partial charge is 0.301 e. The number of hydrogen-bond acceptors (Lipinski definition) is 7. The third-order valence-electron chi connectivity index (χ3n) is 3.03. The number of carbonyl (C=O) groups excluding carboxylic acids is 1. The molecule has 0 atom stereocenters. The Morgan fingerprint density at radius 1 is 1.30 bits per heavy atom. The van der Waals surface area contributed by atoms with Crippen LogP contribution < -0.4 is 5.32 Å². The molecule has 0 bridgehead atoms. The number of amides is 1. The number of carbonyl (C=O) groups is 1. The molecule has 0 unspecified atom stereocenters. The first-order chi connectivity index (χ1) is 9.43. The lowest BCUT2D eigenvalue weighted by Crippen LogP contribution is -2.48. The fraction of sp³-hybridized carbons (Fsp3) is 0.700. The predicted molar refractivity (Wildman–Crippen MR) is 75.1 cm³/mol. The van der Waals surface area contributed by atoms with E-state index in [0.29, 0.717) is 26.2 Å². The molecule has 1 aromatic heterocycles. The maximum Gasteiger partial charge on any atom is 0.272 e. The van der Waals surface area contributed by atoms with Crippen LogP contribution in [-0.2, 0) is 14.8 Å². The third-order valence-corrected chi connectivity index (χ3v) is 6.11. The zero-order chi connectivity index (χ0) is 14.8. The molecule has 1 aliphatic heterocycles. The fourth-order valence-electron chi connectivity index (χ4n) is 1.91. The highest BCUT2D eigenvalue weighted by atomic mass is 32.2. The molecule has 8 nitrogen and oxygen atoms in total. The minimum absolute atomic E-state index is 0.0776. The minimum atomic E-state index is -3.61. The summed E-state index contributed by atoms with van der Waals surface area (Å²) in [4.78, 5) is 13.1. The lowest BCUT2D eigenvalue weighted by Gasteiger charge is -2.32. The van der Waals surface area contributed by atoms with Gasteiger partial charge in [-0.05, 0) is 6.54 Å². The number of piperazine rings is 1. The van der Waals surface area contributed by atoms with E-state index in [0.717, 1.165) is 17.9 Å². The summed E-state index contributed by atoms with van der Waals surface area (Å²) in [5.41, 5.74) is 0. The van der Waals surface area contributed by atoms with Gasteiger partial charge >= 0.3 is 0 Å². The summed E-state index contributed by atoms with van der Waals surface area (Å²) in [5.74, 6) is -0.304. The van der Waals surface area contributed by atoms with E-state index >= 15 is 0 Å². The second-order valence-electron chi connectivity index (χ2n) is 4.39. The van der Waals surface area contributed by atoms with Crippen LogP contribution in [0.25, 0.3) is 0 Å². The molecule has 0 aromatic carbocycles. The van der Waals surface area contributed by atoms with Crippen LogP contribution in [0.5, 0.6) is 0 Å². The van der Waals surface area contributed by atoms with E-state index in [9.17, 15) is 13.2 Å². The summed E-state index contributed by atoms with van der Waals surface area (Å²) < 4.78 is 26.1. The Balaban J connectivity index is 2.10. The van der Waals surface area contributed by atoms with Gasteiger partial charge in [0.1, 0.15) is 0 Å². The molecule has 0 aliphatic carbocycles. The number of sulfonamides is 1. The molecule has 1 N–H and O–H groups in total. The number of rotatable bonds is 4. The highest BCUT2D eigenvalue weighted by Gasteiger charge is 2.31. The number of likely N-dealkylation sites (N-methyl/N-ethyl adjacent to an activating group) is 1. The normalized spacial score (nSPS) is 18.1. The van der Waals surface area contributed by atoms with E-state index in [1.165, 1.54) is 11.2 Å². The number of hydrogen-bond donors (Lipinski definition) is 1. The summed E-state index contributed by atoms with van der Waals surface area (Å²) in [5, 5.41) is 9.96. The van der Waals surface area contributed by atoms with Crippen molar-refractivity contribution in [1.29, 1.82) is 0 Å². The Hall–Kier alpha value is -1.10. The highest BCUT2D eigenvalue weighted by Crippen LogP contribution is 2.24. The Morgan fingerprint density at radius 3 is 2.50 bits per heavy atom. The molecule has 20 heavy (non-hydrogen) atoms. The van der Waals surface area contributed by atoms with E-state index in [1.807, 2.05) is 0 Å². The molecule has 1 amide bonds. The Kier molecular flexibility index (Phi) is 4.68. The quantitative estimate of drug-likeness (QED) is 0.774. The van der Waals surface area contributed by atoms with Crippen LogP contribution in [-0.4, -0.2) is 66.5 Å². The third kappa shape index (κ3) is 3.32. The maximum absolute atomic E-state index is 12.4. The molecule has 2 rings (SSSR count). The number of anilines is 1. The minimum Gasteiger partial charge on any atom is -0.301 e. The summed E-state index contributed by atoms with van der Waals surface area (Å²) in [6, 6.07) is 0. The van der Waals surface area contributed by atoms with Gasteiger partial charge < -0.3 is 10.2 Å². The van der Waals surface area contributed by atoms with Crippen LogP contribution in [0.15, 0.2) is 4.34 Å². The average Bonchev–Trinajstić information content (AvgIpc) is 2.87. The lowest BCUT2D eigenvalue weighted by molar-refractivity contribution is -0.114.